The lowest BCUT2D eigenvalue weighted by Crippen LogP contribution is -1.89. The number of phenols is 2. The highest BCUT2D eigenvalue weighted by atomic mass is 32.3. The lowest BCUT2D eigenvalue weighted by atomic mass is 10.3. The first-order valence-corrected chi connectivity index (χ1v) is 9.68. The van der Waals surface area contributed by atoms with Crippen molar-refractivity contribution in [1.82, 2.24) is 0 Å². The van der Waals surface area contributed by atoms with Gasteiger partial charge < -0.3 is 25.6 Å². The molecule has 0 aliphatic carbocycles. The quantitative estimate of drug-likeness (QED) is 0.325. The van der Waals surface area contributed by atoms with Crippen LogP contribution in [0, 0.1) is 0 Å². The highest BCUT2D eigenvalue weighted by Crippen LogP contribution is 2.12. The number of anilines is 2. The Balaban J connectivity index is 0. The Morgan fingerprint density at radius 2 is 1.00 bits per heavy atom. The standard InChI is InChI=1S/2C7H9NO.C4H10O.H2O4S/c2*1-8-6-2-4-7(9)5-3-6;1-3-5-4-2;1-5(2,3)4/h2*2-5,8-9H,1H3;3-4H2,1-2H3;(H2,1,2,3,4). The zero-order chi connectivity index (χ0) is 22.0. The third-order valence-corrected chi connectivity index (χ3v) is 2.72. The molecular formula is C18H30N2O7S. The van der Waals surface area contributed by atoms with Crippen LogP contribution in [0.4, 0.5) is 11.4 Å². The molecule has 0 atom stereocenters. The van der Waals surface area contributed by atoms with E-state index in [0.29, 0.717) is 11.5 Å². The molecule has 2 rings (SSSR count). The highest BCUT2D eigenvalue weighted by molar-refractivity contribution is 7.79. The van der Waals surface area contributed by atoms with Crippen LogP contribution in [-0.4, -0.2) is 55.0 Å². The molecule has 0 unspecified atom stereocenters. The Bertz CT molecular complexity index is 650. The Hall–Kier alpha value is -2.53. The Labute approximate surface area is 166 Å². The van der Waals surface area contributed by atoms with Crippen molar-refractivity contribution in [3.05, 3.63) is 48.5 Å². The van der Waals surface area contributed by atoms with Crippen LogP contribution in [0.1, 0.15) is 13.8 Å². The molecule has 0 aromatic heterocycles. The molecule has 2 aromatic rings. The molecule has 0 aliphatic rings. The second kappa shape index (κ2) is 16.6. The summed E-state index contributed by atoms with van der Waals surface area (Å²) in [5.74, 6) is 0.600. The van der Waals surface area contributed by atoms with E-state index in [9.17, 15) is 0 Å². The Morgan fingerprint density at radius 1 is 0.750 bits per heavy atom. The van der Waals surface area contributed by atoms with Gasteiger partial charge >= 0.3 is 10.4 Å². The van der Waals surface area contributed by atoms with Crippen LogP contribution in [0.3, 0.4) is 0 Å². The van der Waals surface area contributed by atoms with Crippen LogP contribution in [0.15, 0.2) is 48.5 Å². The molecule has 0 saturated heterocycles. The minimum atomic E-state index is -4.67. The second-order valence-electron chi connectivity index (χ2n) is 4.82. The number of phenolic OH excluding ortho intramolecular Hbond substituents is 2. The summed E-state index contributed by atoms with van der Waals surface area (Å²) >= 11 is 0. The zero-order valence-corrected chi connectivity index (χ0v) is 17.3. The summed E-state index contributed by atoms with van der Waals surface area (Å²) in [6.45, 7) is 5.67. The molecule has 28 heavy (non-hydrogen) atoms. The van der Waals surface area contributed by atoms with Gasteiger partial charge in [0.25, 0.3) is 0 Å². The number of hydrogen-bond acceptors (Lipinski definition) is 7. The maximum Gasteiger partial charge on any atom is 0.394 e. The third kappa shape index (κ3) is 21.5. The predicted molar refractivity (Wildman–Crippen MR) is 112 cm³/mol. The number of benzene rings is 2. The van der Waals surface area contributed by atoms with Gasteiger partial charge in [0.1, 0.15) is 11.5 Å². The van der Waals surface area contributed by atoms with E-state index in [1.807, 2.05) is 52.2 Å². The molecule has 0 heterocycles. The SMILES string of the molecule is CCOCC.CNc1ccc(O)cc1.CNc1ccc(O)cc1.O=S(=O)(O)O. The fourth-order valence-electron chi connectivity index (χ4n) is 1.46. The maximum atomic E-state index is 8.82. The summed E-state index contributed by atoms with van der Waals surface area (Å²) in [7, 11) is -0.987. The van der Waals surface area contributed by atoms with Gasteiger partial charge in [0.05, 0.1) is 0 Å². The number of aromatic hydroxyl groups is 2. The fraction of sp³-hybridized carbons (Fsp3) is 0.333. The van der Waals surface area contributed by atoms with Gasteiger partial charge in [-0.05, 0) is 62.4 Å². The first-order chi connectivity index (χ1) is 13.1. The molecule has 6 N–H and O–H groups in total. The number of hydrogen-bond donors (Lipinski definition) is 6. The minimum absolute atomic E-state index is 0.300. The number of nitrogens with one attached hydrogen (secondary N) is 2. The van der Waals surface area contributed by atoms with Crippen molar-refractivity contribution in [3.63, 3.8) is 0 Å². The van der Waals surface area contributed by atoms with E-state index >= 15 is 0 Å². The van der Waals surface area contributed by atoms with Crippen LogP contribution in [0.25, 0.3) is 0 Å². The first-order valence-electron chi connectivity index (χ1n) is 8.28. The molecular weight excluding hydrogens is 388 g/mol. The number of ether oxygens (including phenoxy) is 1. The zero-order valence-electron chi connectivity index (χ0n) is 16.5. The topological polar surface area (TPSA) is 148 Å². The summed E-state index contributed by atoms with van der Waals surface area (Å²) in [5.41, 5.74) is 2.01. The summed E-state index contributed by atoms with van der Waals surface area (Å²) in [5, 5.41) is 23.5. The van der Waals surface area contributed by atoms with Crippen molar-refractivity contribution < 1.29 is 32.5 Å². The van der Waals surface area contributed by atoms with E-state index in [0.717, 1.165) is 24.6 Å². The van der Waals surface area contributed by atoms with Gasteiger partial charge in [-0.15, -0.1) is 0 Å². The molecule has 0 spiro atoms. The largest absolute Gasteiger partial charge is 0.508 e. The van der Waals surface area contributed by atoms with Crippen molar-refractivity contribution in [2.45, 2.75) is 13.8 Å². The van der Waals surface area contributed by atoms with Crippen molar-refractivity contribution in [2.24, 2.45) is 0 Å². The second-order valence-corrected chi connectivity index (χ2v) is 5.72. The van der Waals surface area contributed by atoms with Gasteiger partial charge in [-0.3, -0.25) is 9.11 Å². The average molecular weight is 419 g/mol. The summed E-state index contributed by atoms with van der Waals surface area (Å²) in [4.78, 5) is 0. The minimum Gasteiger partial charge on any atom is -0.508 e. The van der Waals surface area contributed by atoms with E-state index in [-0.39, 0.29) is 0 Å². The molecule has 9 nitrogen and oxygen atoms in total. The lowest BCUT2D eigenvalue weighted by Gasteiger charge is -1.96. The van der Waals surface area contributed by atoms with Gasteiger partial charge in [-0.25, -0.2) is 0 Å². The van der Waals surface area contributed by atoms with Crippen LogP contribution in [-0.2, 0) is 15.1 Å². The third-order valence-electron chi connectivity index (χ3n) is 2.72. The van der Waals surface area contributed by atoms with Gasteiger partial charge in [-0.2, -0.15) is 8.42 Å². The molecule has 10 heteroatoms. The van der Waals surface area contributed by atoms with Crippen LogP contribution < -0.4 is 10.6 Å². The van der Waals surface area contributed by atoms with E-state index < -0.39 is 10.4 Å². The summed E-state index contributed by atoms with van der Waals surface area (Å²) in [6, 6.07) is 13.8. The van der Waals surface area contributed by atoms with E-state index in [4.69, 9.17) is 32.5 Å². The van der Waals surface area contributed by atoms with E-state index in [1.165, 1.54) is 0 Å². The first kappa shape index (κ1) is 27.7. The molecule has 0 amide bonds. The van der Waals surface area contributed by atoms with Gasteiger partial charge in [-0.1, -0.05) is 0 Å². The normalized spacial score (nSPS) is 9.36. The van der Waals surface area contributed by atoms with Crippen LogP contribution >= 0.6 is 0 Å². The van der Waals surface area contributed by atoms with E-state index in [2.05, 4.69) is 10.6 Å². The van der Waals surface area contributed by atoms with Crippen molar-refractivity contribution in [3.8, 4) is 11.5 Å². The predicted octanol–water partition coefficient (Wildman–Crippen LogP) is 3.26. The monoisotopic (exact) mass is 418 g/mol. The fourth-order valence-corrected chi connectivity index (χ4v) is 1.46. The summed E-state index contributed by atoms with van der Waals surface area (Å²) in [6.07, 6.45) is 0. The lowest BCUT2D eigenvalue weighted by molar-refractivity contribution is 0.162. The maximum absolute atomic E-state index is 8.82. The number of rotatable bonds is 4. The molecule has 0 radical (unpaired) electrons. The van der Waals surface area contributed by atoms with Crippen LogP contribution in [0.2, 0.25) is 0 Å². The van der Waals surface area contributed by atoms with Crippen LogP contribution in [0.5, 0.6) is 11.5 Å². The van der Waals surface area contributed by atoms with Gasteiger partial charge in [0.2, 0.25) is 0 Å². The average Bonchev–Trinajstić information content (AvgIpc) is 2.63. The molecule has 0 bridgehead atoms. The molecule has 2 aromatic carbocycles. The van der Waals surface area contributed by atoms with Crippen molar-refractivity contribution in [1.29, 1.82) is 0 Å². The smallest absolute Gasteiger partial charge is 0.394 e. The summed E-state index contributed by atoms with van der Waals surface area (Å²) < 4.78 is 36.4. The van der Waals surface area contributed by atoms with Crippen molar-refractivity contribution in [2.75, 3.05) is 37.9 Å². The molecule has 0 aliphatic heterocycles. The van der Waals surface area contributed by atoms with E-state index in [1.54, 1.807) is 24.3 Å². The van der Waals surface area contributed by atoms with Gasteiger partial charge in [0, 0.05) is 38.7 Å². The Morgan fingerprint density at radius 3 is 1.14 bits per heavy atom. The Kier molecular flexibility index (Phi) is 16.4. The molecule has 0 saturated carbocycles. The molecule has 0 fully saturated rings. The van der Waals surface area contributed by atoms with Crippen molar-refractivity contribution >= 4 is 21.8 Å². The molecule has 160 valence electrons. The van der Waals surface area contributed by atoms with Gasteiger partial charge in [0.15, 0.2) is 0 Å². The highest BCUT2D eigenvalue weighted by Gasteiger charge is 1.86.